The van der Waals surface area contributed by atoms with E-state index in [9.17, 15) is 0 Å². The van der Waals surface area contributed by atoms with Crippen molar-refractivity contribution in [2.24, 2.45) is 0 Å². The van der Waals surface area contributed by atoms with E-state index in [4.69, 9.17) is 14.2 Å². The second-order valence-corrected chi connectivity index (χ2v) is 4.67. The van der Waals surface area contributed by atoms with Gasteiger partial charge in [0.1, 0.15) is 0 Å². The first kappa shape index (κ1) is 15.8. The molecule has 0 aliphatic heterocycles. The molecule has 0 amide bonds. The highest BCUT2D eigenvalue weighted by molar-refractivity contribution is 4.57. The van der Waals surface area contributed by atoms with E-state index in [0.717, 1.165) is 32.7 Å². The number of methoxy groups -OCH3 is 1. The Morgan fingerprint density at radius 3 is 2.31 bits per heavy atom. The van der Waals surface area contributed by atoms with Crippen molar-refractivity contribution in [3.63, 3.8) is 0 Å². The van der Waals surface area contributed by atoms with Crippen molar-refractivity contribution in [2.45, 2.75) is 32.8 Å². The van der Waals surface area contributed by atoms with Gasteiger partial charge in [0.15, 0.2) is 0 Å². The first-order valence-corrected chi connectivity index (χ1v) is 5.97. The van der Waals surface area contributed by atoms with Gasteiger partial charge in [-0.15, -0.1) is 0 Å². The molecule has 0 heterocycles. The largest absolute Gasteiger partial charge is 0.385 e. The molecular formula is C12H27NO3. The van der Waals surface area contributed by atoms with Crippen molar-refractivity contribution in [2.75, 3.05) is 46.6 Å². The third kappa shape index (κ3) is 13.8. The second-order valence-electron chi connectivity index (χ2n) is 4.67. The molecule has 0 aromatic carbocycles. The highest BCUT2D eigenvalue weighted by Crippen LogP contribution is 2.05. The van der Waals surface area contributed by atoms with Gasteiger partial charge in [-0.05, 0) is 33.7 Å². The minimum absolute atomic E-state index is 0.0677. The van der Waals surface area contributed by atoms with Crippen LogP contribution in [0.5, 0.6) is 0 Å². The number of ether oxygens (including phenoxy) is 3. The third-order valence-electron chi connectivity index (χ3n) is 1.89. The Kier molecular flexibility index (Phi) is 9.92. The molecule has 4 nitrogen and oxygen atoms in total. The average molecular weight is 233 g/mol. The van der Waals surface area contributed by atoms with Crippen LogP contribution in [0.15, 0.2) is 0 Å². The van der Waals surface area contributed by atoms with Crippen LogP contribution in [-0.4, -0.2) is 52.2 Å². The summed E-state index contributed by atoms with van der Waals surface area (Å²) in [5, 5.41) is 3.28. The summed E-state index contributed by atoms with van der Waals surface area (Å²) in [6.07, 6.45) is 1.05. The quantitative estimate of drug-likeness (QED) is 0.580. The topological polar surface area (TPSA) is 39.7 Å². The third-order valence-corrected chi connectivity index (χ3v) is 1.89. The van der Waals surface area contributed by atoms with Crippen LogP contribution >= 0.6 is 0 Å². The normalized spacial score (nSPS) is 12.0. The standard InChI is InChI=1S/C12H27NO3/c1-12(2,3)16-11-10-15-9-7-13-6-5-8-14-4/h13H,5-11H2,1-4H3. The molecule has 0 unspecified atom stereocenters. The molecule has 4 heteroatoms. The van der Waals surface area contributed by atoms with E-state index in [-0.39, 0.29) is 5.60 Å². The van der Waals surface area contributed by atoms with Crippen LogP contribution in [0.4, 0.5) is 0 Å². The Hall–Kier alpha value is -0.160. The smallest absolute Gasteiger partial charge is 0.0707 e. The van der Waals surface area contributed by atoms with E-state index < -0.39 is 0 Å². The van der Waals surface area contributed by atoms with Gasteiger partial charge < -0.3 is 19.5 Å². The summed E-state index contributed by atoms with van der Waals surface area (Å²) in [5.41, 5.74) is -0.0677. The minimum atomic E-state index is -0.0677. The Balaban J connectivity index is 2.99. The molecule has 0 spiro atoms. The first-order valence-electron chi connectivity index (χ1n) is 5.97. The molecule has 0 bridgehead atoms. The molecule has 0 aliphatic rings. The van der Waals surface area contributed by atoms with Crippen LogP contribution < -0.4 is 5.32 Å². The number of hydrogen-bond donors (Lipinski definition) is 1. The van der Waals surface area contributed by atoms with Crippen molar-refractivity contribution >= 4 is 0 Å². The van der Waals surface area contributed by atoms with Gasteiger partial charge in [-0.1, -0.05) is 0 Å². The van der Waals surface area contributed by atoms with Crippen LogP contribution in [0.25, 0.3) is 0 Å². The number of hydrogen-bond acceptors (Lipinski definition) is 4. The van der Waals surface area contributed by atoms with E-state index in [0.29, 0.717) is 13.2 Å². The van der Waals surface area contributed by atoms with Gasteiger partial charge in [-0.2, -0.15) is 0 Å². The van der Waals surface area contributed by atoms with Crippen molar-refractivity contribution in [1.29, 1.82) is 0 Å². The highest BCUT2D eigenvalue weighted by Gasteiger charge is 2.08. The summed E-state index contributed by atoms with van der Waals surface area (Å²) in [6.45, 7) is 10.9. The Bertz CT molecular complexity index is 146. The van der Waals surface area contributed by atoms with Gasteiger partial charge in [-0.3, -0.25) is 0 Å². The molecule has 0 radical (unpaired) electrons. The Morgan fingerprint density at radius 1 is 0.938 bits per heavy atom. The lowest BCUT2D eigenvalue weighted by atomic mass is 10.2. The lowest BCUT2D eigenvalue weighted by Crippen LogP contribution is -2.24. The van der Waals surface area contributed by atoms with Crippen LogP contribution in [-0.2, 0) is 14.2 Å². The fourth-order valence-electron chi connectivity index (χ4n) is 1.12. The maximum atomic E-state index is 5.53. The maximum Gasteiger partial charge on any atom is 0.0707 e. The van der Waals surface area contributed by atoms with Crippen LogP contribution in [0.3, 0.4) is 0 Å². The van der Waals surface area contributed by atoms with E-state index in [1.54, 1.807) is 7.11 Å². The predicted octanol–water partition coefficient (Wildman–Crippen LogP) is 1.44. The molecule has 16 heavy (non-hydrogen) atoms. The zero-order valence-electron chi connectivity index (χ0n) is 11.2. The SMILES string of the molecule is COCCCNCCOCCOC(C)(C)C. The van der Waals surface area contributed by atoms with Gasteiger partial charge in [0, 0.05) is 20.3 Å². The van der Waals surface area contributed by atoms with Gasteiger partial charge in [0.05, 0.1) is 25.4 Å². The summed E-state index contributed by atoms with van der Waals surface area (Å²) in [7, 11) is 1.72. The van der Waals surface area contributed by atoms with Crippen LogP contribution in [0.1, 0.15) is 27.2 Å². The van der Waals surface area contributed by atoms with Gasteiger partial charge in [0.25, 0.3) is 0 Å². The van der Waals surface area contributed by atoms with E-state index in [1.807, 2.05) is 20.8 Å². The van der Waals surface area contributed by atoms with E-state index in [2.05, 4.69) is 5.32 Å². The second kappa shape index (κ2) is 10.0. The lowest BCUT2D eigenvalue weighted by molar-refractivity contribution is -0.0343. The number of rotatable bonds is 10. The molecule has 0 fully saturated rings. The molecule has 0 atom stereocenters. The molecular weight excluding hydrogens is 206 g/mol. The molecule has 0 aliphatic carbocycles. The van der Waals surface area contributed by atoms with Crippen molar-refractivity contribution in [3.8, 4) is 0 Å². The van der Waals surface area contributed by atoms with Crippen molar-refractivity contribution in [3.05, 3.63) is 0 Å². The van der Waals surface area contributed by atoms with E-state index >= 15 is 0 Å². The van der Waals surface area contributed by atoms with Crippen molar-refractivity contribution in [1.82, 2.24) is 5.32 Å². The lowest BCUT2D eigenvalue weighted by Gasteiger charge is -2.19. The van der Waals surface area contributed by atoms with Gasteiger partial charge in [0.2, 0.25) is 0 Å². The molecule has 0 saturated carbocycles. The minimum Gasteiger partial charge on any atom is -0.385 e. The summed E-state index contributed by atoms with van der Waals surface area (Å²) in [4.78, 5) is 0. The monoisotopic (exact) mass is 233 g/mol. The maximum absolute atomic E-state index is 5.53. The summed E-state index contributed by atoms with van der Waals surface area (Å²) in [5.74, 6) is 0. The summed E-state index contributed by atoms with van der Waals surface area (Å²) < 4.78 is 15.9. The highest BCUT2D eigenvalue weighted by atomic mass is 16.5. The predicted molar refractivity (Wildman–Crippen MR) is 65.9 cm³/mol. The summed E-state index contributed by atoms with van der Waals surface area (Å²) >= 11 is 0. The zero-order chi connectivity index (χ0) is 12.3. The van der Waals surface area contributed by atoms with Crippen LogP contribution in [0, 0.1) is 0 Å². The zero-order valence-corrected chi connectivity index (χ0v) is 11.2. The molecule has 0 rings (SSSR count). The van der Waals surface area contributed by atoms with E-state index in [1.165, 1.54) is 0 Å². The molecule has 1 N–H and O–H groups in total. The fraction of sp³-hybridized carbons (Fsp3) is 1.00. The molecule has 0 aromatic rings. The molecule has 0 saturated heterocycles. The Labute approximate surface area is 99.6 Å². The average Bonchev–Trinajstić information content (AvgIpc) is 2.19. The van der Waals surface area contributed by atoms with Crippen LogP contribution in [0.2, 0.25) is 0 Å². The Morgan fingerprint density at radius 2 is 1.69 bits per heavy atom. The molecule has 98 valence electrons. The first-order chi connectivity index (χ1) is 7.56. The number of nitrogens with one attached hydrogen (secondary N) is 1. The van der Waals surface area contributed by atoms with Gasteiger partial charge >= 0.3 is 0 Å². The molecule has 0 aromatic heterocycles. The summed E-state index contributed by atoms with van der Waals surface area (Å²) in [6, 6.07) is 0. The van der Waals surface area contributed by atoms with Crippen molar-refractivity contribution < 1.29 is 14.2 Å². The fourth-order valence-corrected chi connectivity index (χ4v) is 1.12. The van der Waals surface area contributed by atoms with Gasteiger partial charge in [-0.25, -0.2) is 0 Å².